The fourth-order valence-electron chi connectivity index (χ4n) is 1.71. The molecule has 0 amide bonds. The van der Waals surface area contributed by atoms with Gasteiger partial charge in [-0.1, -0.05) is 5.16 Å². The Morgan fingerprint density at radius 3 is 2.55 bits per heavy atom. The van der Waals surface area contributed by atoms with Gasteiger partial charge >= 0.3 is 0 Å². The van der Waals surface area contributed by atoms with Crippen LogP contribution in [0.25, 0.3) is 0 Å². The largest absolute Gasteiger partial charge is 0.409 e. The number of ether oxygens (including phenoxy) is 1. The highest BCUT2D eigenvalue weighted by molar-refractivity contribution is 7.91. The third-order valence-corrected chi connectivity index (χ3v) is 4.86. The van der Waals surface area contributed by atoms with E-state index in [2.05, 4.69) is 5.16 Å². The lowest BCUT2D eigenvalue weighted by Crippen LogP contribution is -2.15. The topological polar surface area (TPSA) is 102 Å². The van der Waals surface area contributed by atoms with Gasteiger partial charge in [-0.3, -0.25) is 0 Å². The summed E-state index contributed by atoms with van der Waals surface area (Å²) in [6.07, 6.45) is 2.37. The van der Waals surface area contributed by atoms with Gasteiger partial charge in [0.25, 0.3) is 0 Å². The lowest BCUT2D eigenvalue weighted by atomic mass is 10.2. The summed E-state index contributed by atoms with van der Waals surface area (Å²) in [5.41, 5.74) is 5.89. The van der Waals surface area contributed by atoms with Crippen molar-refractivity contribution in [1.82, 2.24) is 0 Å². The van der Waals surface area contributed by atoms with Gasteiger partial charge in [0.15, 0.2) is 15.7 Å². The fraction of sp³-hybridized carbons (Fsp3) is 0.462. The molecule has 0 bridgehead atoms. The number of hydrogen-bond acceptors (Lipinski definition) is 5. The second kappa shape index (κ2) is 6.23. The van der Waals surface area contributed by atoms with Gasteiger partial charge in [-0.25, -0.2) is 8.42 Å². The predicted molar refractivity (Wildman–Crippen MR) is 74.5 cm³/mol. The van der Waals surface area contributed by atoms with Crippen LogP contribution < -0.4 is 5.73 Å². The van der Waals surface area contributed by atoms with Crippen molar-refractivity contribution in [2.24, 2.45) is 16.8 Å². The summed E-state index contributed by atoms with van der Waals surface area (Å²) in [7, 11) is -3.36. The van der Waals surface area contributed by atoms with Gasteiger partial charge in [0.2, 0.25) is 0 Å². The number of nitrogens with two attached hydrogens (primary N) is 1. The summed E-state index contributed by atoms with van der Waals surface area (Å²) in [5.74, 6) is 0.530. The molecule has 1 aliphatic carbocycles. The van der Waals surface area contributed by atoms with E-state index >= 15 is 0 Å². The third kappa shape index (κ3) is 3.94. The van der Waals surface area contributed by atoms with Crippen molar-refractivity contribution in [2.75, 3.05) is 19.0 Å². The minimum absolute atomic E-state index is 0.0390. The molecule has 3 N–H and O–H groups in total. The maximum atomic E-state index is 12.1. The van der Waals surface area contributed by atoms with Crippen LogP contribution in [0.1, 0.15) is 18.4 Å². The van der Waals surface area contributed by atoms with Crippen LogP contribution in [-0.4, -0.2) is 38.4 Å². The molecule has 2 rings (SSSR count). The van der Waals surface area contributed by atoms with E-state index in [0.29, 0.717) is 18.1 Å². The molecule has 0 radical (unpaired) electrons. The fourth-order valence-corrected chi connectivity index (χ4v) is 2.84. The van der Waals surface area contributed by atoms with E-state index in [4.69, 9.17) is 15.7 Å². The Kier molecular flexibility index (Phi) is 4.61. The van der Waals surface area contributed by atoms with Gasteiger partial charge in [-0.05, 0) is 43.0 Å². The number of hydrogen-bond donors (Lipinski definition) is 2. The second-order valence-electron chi connectivity index (χ2n) is 4.85. The molecule has 0 aromatic heterocycles. The monoisotopic (exact) mass is 298 g/mol. The number of rotatable bonds is 7. The van der Waals surface area contributed by atoms with Crippen molar-refractivity contribution in [2.45, 2.75) is 17.7 Å². The van der Waals surface area contributed by atoms with Crippen molar-refractivity contribution in [3.63, 3.8) is 0 Å². The van der Waals surface area contributed by atoms with Crippen molar-refractivity contribution in [3.05, 3.63) is 29.8 Å². The van der Waals surface area contributed by atoms with Gasteiger partial charge in [-0.2, -0.15) is 0 Å². The van der Waals surface area contributed by atoms with Crippen LogP contribution in [0.15, 0.2) is 34.3 Å². The van der Waals surface area contributed by atoms with Crippen LogP contribution in [0.4, 0.5) is 0 Å². The quantitative estimate of drug-likeness (QED) is 0.257. The smallest absolute Gasteiger partial charge is 0.180 e. The molecule has 110 valence electrons. The molecule has 0 unspecified atom stereocenters. The van der Waals surface area contributed by atoms with Gasteiger partial charge in [0.05, 0.1) is 17.3 Å². The van der Waals surface area contributed by atoms with Crippen LogP contribution in [0.2, 0.25) is 0 Å². The van der Waals surface area contributed by atoms with Crippen LogP contribution in [-0.2, 0) is 14.6 Å². The highest BCUT2D eigenvalue weighted by Crippen LogP contribution is 2.28. The summed E-state index contributed by atoms with van der Waals surface area (Å²) < 4.78 is 29.4. The molecule has 7 heteroatoms. The maximum absolute atomic E-state index is 12.1. The Balaban J connectivity index is 1.93. The highest BCUT2D eigenvalue weighted by atomic mass is 32.2. The lowest BCUT2D eigenvalue weighted by Gasteiger charge is -2.06. The zero-order valence-corrected chi connectivity index (χ0v) is 11.8. The summed E-state index contributed by atoms with van der Waals surface area (Å²) in [5, 5.41) is 11.4. The van der Waals surface area contributed by atoms with Crippen LogP contribution in [0.3, 0.4) is 0 Å². The van der Waals surface area contributed by atoms with Crippen molar-refractivity contribution >= 4 is 15.7 Å². The van der Waals surface area contributed by atoms with Crippen molar-refractivity contribution < 1.29 is 18.4 Å². The molecule has 1 fully saturated rings. The normalized spacial score (nSPS) is 16.3. The zero-order valence-electron chi connectivity index (χ0n) is 11.0. The average molecular weight is 298 g/mol. The minimum atomic E-state index is -3.36. The Hall–Kier alpha value is -1.60. The first-order valence-corrected chi connectivity index (χ1v) is 8.06. The van der Waals surface area contributed by atoms with Crippen LogP contribution >= 0.6 is 0 Å². The van der Waals surface area contributed by atoms with Crippen LogP contribution in [0.5, 0.6) is 0 Å². The van der Waals surface area contributed by atoms with Gasteiger partial charge < -0.3 is 15.7 Å². The Bertz CT molecular complexity index is 577. The first kappa shape index (κ1) is 14.8. The predicted octanol–water partition coefficient (Wildman–Crippen LogP) is 0.981. The number of nitrogens with zero attached hydrogens (tertiary/aromatic N) is 1. The number of amidine groups is 1. The van der Waals surface area contributed by atoms with Crippen molar-refractivity contribution in [1.29, 1.82) is 0 Å². The SMILES string of the molecule is N/C(=N/O)c1ccc(S(=O)(=O)CCOCC2CC2)cc1. The Morgan fingerprint density at radius 2 is 2.00 bits per heavy atom. The summed E-state index contributed by atoms with van der Waals surface area (Å²) >= 11 is 0. The van der Waals surface area contributed by atoms with E-state index in [1.807, 2.05) is 0 Å². The molecule has 0 heterocycles. The summed E-state index contributed by atoms with van der Waals surface area (Å²) in [4.78, 5) is 0.210. The standard InChI is InChI=1S/C13H18N2O4S/c14-13(15-16)11-3-5-12(6-4-11)20(17,18)8-7-19-9-10-1-2-10/h3-6,10,16H,1-2,7-9H2,(H2,14,15). The lowest BCUT2D eigenvalue weighted by molar-refractivity contribution is 0.138. The third-order valence-electron chi connectivity index (χ3n) is 3.16. The molecule has 0 spiro atoms. The van der Waals surface area contributed by atoms with Gasteiger partial charge in [0, 0.05) is 12.2 Å². The van der Waals surface area contributed by atoms with E-state index in [9.17, 15) is 8.42 Å². The van der Waals surface area contributed by atoms with Gasteiger partial charge in [-0.15, -0.1) is 0 Å². The first-order chi connectivity index (χ1) is 9.53. The number of oxime groups is 1. The molecule has 1 aromatic carbocycles. The molecular formula is C13H18N2O4S. The molecule has 6 nitrogen and oxygen atoms in total. The summed E-state index contributed by atoms with van der Waals surface area (Å²) in [6, 6.07) is 5.91. The zero-order chi connectivity index (χ0) is 14.6. The maximum Gasteiger partial charge on any atom is 0.180 e. The molecule has 0 saturated heterocycles. The average Bonchev–Trinajstić information content (AvgIpc) is 3.27. The number of sulfone groups is 1. The van der Waals surface area contributed by atoms with Crippen molar-refractivity contribution in [3.8, 4) is 0 Å². The Morgan fingerprint density at radius 1 is 1.35 bits per heavy atom. The second-order valence-corrected chi connectivity index (χ2v) is 6.96. The highest BCUT2D eigenvalue weighted by Gasteiger charge is 2.22. The molecule has 1 aliphatic rings. The molecule has 20 heavy (non-hydrogen) atoms. The van der Waals surface area contributed by atoms with E-state index in [0.717, 1.165) is 0 Å². The van der Waals surface area contributed by atoms with E-state index in [1.165, 1.54) is 37.1 Å². The van der Waals surface area contributed by atoms with E-state index < -0.39 is 9.84 Å². The molecule has 1 saturated carbocycles. The van der Waals surface area contributed by atoms with E-state index in [1.54, 1.807) is 0 Å². The number of benzene rings is 1. The Labute approximate surface area is 118 Å². The molecule has 0 atom stereocenters. The van der Waals surface area contributed by atoms with Gasteiger partial charge in [0.1, 0.15) is 0 Å². The molecule has 1 aromatic rings. The van der Waals surface area contributed by atoms with Crippen LogP contribution in [0, 0.1) is 5.92 Å². The summed E-state index contributed by atoms with van der Waals surface area (Å²) in [6.45, 7) is 0.860. The molecular weight excluding hydrogens is 280 g/mol. The first-order valence-electron chi connectivity index (χ1n) is 6.41. The van der Waals surface area contributed by atoms with E-state index in [-0.39, 0.29) is 23.1 Å². The molecule has 0 aliphatic heterocycles. The minimum Gasteiger partial charge on any atom is -0.409 e.